The topological polar surface area (TPSA) is 28.4 Å². The quantitative estimate of drug-likeness (QED) is 0.804. The molecule has 2 heterocycles. The molecule has 0 aliphatic heterocycles. The van der Waals surface area contributed by atoms with Crippen LogP contribution in [0.5, 0.6) is 0 Å². The number of halogens is 1. The fourth-order valence-corrected chi connectivity index (χ4v) is 3.54. The lowest BCUT2D eigenvalue weighted by Gasteiger charge is -2.16. The van der Waals surface area contributed by atoms with Crippen molar-refractivity contribution in [3.05, 3.63) is 44.4 Å². The van der Waals surface area contributed by atoms with Crippen LogP contribution in [0.3, 0.4) is 0 Å². The predicted molar refractivity (Wildman–Crippen MR) is 87.9 cm³/mol. The van der Waals surface area contributed by atoms with Crippen LogP contribution in [0.15, 0.2) is 32.7 Å². The molecule has 2 rings (SSSR count). The van der Waals surface area contributed by atoms with Gasteiger partial charge >= 0.3 is 0 Å². The van der Waals surface area contributed by atoms with Gasteiger partial charge in [0.05, 0.1) is 12.8 Å². The van der Waals surface area contributed by atoms with E-state index < -0.39 is 0 Å². The van der Waals surface area contributed by atoms with Gasteiger partial charge in [0, 0.05) is 39.4 Å². The summed E-state index contributed by atoms with van der Waals surface area (Å²) in [5.74, 6) is 1.04. The molecule has 2 aromatic rings. The van der Waals surface area contributed by atoms with Crippen molar-refractivity contribution >= 4 is 27.3 Å². The molecule has 0 amide bonds. The number of thiophene rings is 1. The van der Waals surface area contributed by atoms with E-state index in [9.17, 15) is 0 Å². The van der Waals surface area contributed by atoms with Crippen LogP contribution >= 0.6 is 27.3 Å². The Morgan fingerprint density at radius 2 is 2.20 bits per heavy atom. The van der Waals surface area contributed by atoms with Crippen LogP contribution in [-0.4, -0.2) is 18.0 Å². The Bertz CT molecular complexity index is 535. The Morgan fingerprint density at radius 1 is 1.40 bits per heavy atom. The molecule has 0 bridgehead atoms. The Kier molecular flexibility index (Phi) is 5.84. The van der Waals surface area contributed by atoms with E-state index in [0.29, 0.717) is 6.04 Å². The van der Waals surface area contributed by atoms with Gasteiger partial charge in [-0.15, -0.1) is 11.3 Å². The zero-order chi connectivity index (χ0) is 14.5. The highest BCUT2D eigenvalue weighted by Gasteiger charge is 2.10. The molecular formula is C15H21BrN2OS. The highest BCUT2D eigenvalue weighted by Crippen LogP contribution is 2.22. The lowest BCUT2D eigenvalue weighted by molar-refractivity contribution is 0.317. The molecule has 0 unspecified atom stereocenters. The van der Waals surface area contributed by atoms with Crippen molar-refractivity contribution < 1.29 is 4.42 Å². The summed E-state index contributed by atoms with van der Waals surface area (Å²) in [4.78, 5) is 3.67. The molecule has 110 valence electrons. The number of furan rings is 1. The molecule has 2 aromatic heterocycles. The van der Waals surface area contributed by atoms with Crippen molar-refractivity contribution in [2.24, 2.45) is 0 Å². The first-order valence-corrected chi connectivity index (χ1v) is 8.42. The predicted octanol–water partition coefficient (Wildman–Crippen LogP) is 4.23. The molecule has 1 N–H and O–H groups in total. The standard InChI is InChI=1S/C15H21BrN2OS/c1-11(2)17-7-15-12(4-5-19-15)8-18(3)9-14-6-13(16)10-20-14/h4-6,10-11,17H,7-9H2,1-3H3. The molecule has 0 aliphatic rings. The number of hydrogen-bond donors (Lipinski definition) is 1. The van der Waals surface area contributed by atoms with Gasteiger partial charge in [0.15, 0.2) is 0 Å². The highest BCUT2D eigenvalue weighted by molar-refractivity contribution is 9.10. The monoisotopic (exact) mass is 356 g/mol. The van der Waals surface area contributed by atoms with Crippen LogP contribution in [0.1, 0.15) is 30.0 Å². The lowest BCUT2D eigenvalue weighted by atomic mass is 10.2. The van der Waals surface area contributed by atoms with E-state index in [2.05, 4.69) is 64.6 Å². The van der Waals surface area contributed by atoms with E-state index in [4.69, 9.17) is 4.42 Å². The van der Waals surface area contributed by atoms with Gasteiger partial charge in [-0.05, 0) is 35.1 Å². The largest absolute Gasteiger partial charge is 0.468 e. The Balaban J connectivity index is 1.90. The van der Waals surface area contributed by atoms with Gasteiger partial charge in [0.2, 0.25) is 0 Å². The van der Waals surface area contributed by atoms with E-state index in [0.717, 1.165) is 29.9 Å². The average Bonchev–Trinajstić information content (AvgIpc) is 2.96. The molecule has 0 spiro atoms. The van der Waals surface area contributed by atoms with Crippen LogP contribution in [0.2, 0.25) is 0 Å². The van der Waals surface area contributed by atoms with Crippen LogP contribution < -0.4 is 5.32 Å². The average molecular weight is 357 g/mol. The van der Waals surface area contributed by atoms with Gasteiger partial charge in [-0.25, -0.2) is 0 Å². The van der Waals surface area contributed by atoms with Crippen LogP contribution in [0.4, 0.5) is 0 Å². The first kappa shape index (κ1) is 15.8. The van der Waals surface area contributed by atoms with E-state index in [1.165, 1.54) is 10.4 Å². The van der Waals surface area contributed by atoms with Crippen molar-refractivity contribution in [1.82, 2.24) is 10.2 Å². The molecule has 0 saturated carbocycles. The normalized spacial score (nSPS) is 11.7. The third kappa shape index (κ3) is 4.74. The zero-order valence-corrected chi connectivity index (χ0v) is 14.6. The second kappa shape index (κ2) is 7.41. The van der Waals surface area contributed by atoms with Gasteiger partial charge in [-0.1, -0.05) is 13.8 Å². The maximum absolute atomic E-state index is 5.58. The first-order valence-electron chi connectivity index (χ1n) is 6.74. The number of rotatable bonds is 7. The molecule has 20 heavy (non-hydrogen) atoms. The Labute approximate surface area is 133 Å². The van der Waals surface area contributed by atoms with Gasteiger partial charge in [0.1, 0.15) is 5.76 Å². The van der Waals surface area contributed by atoms with E-state index in [1.807, 2.05) is 0 Å². The number of hydrogen-bond acceptors (Lipinski definition) is 4. The molecule has 0 fully saturated rings. The smallest absolute Gasteiger partial charge is 0.122 e. The van der Waals surface area contributed by atoms with E-state index in [-0.39, 0.29) is 0 Å². The molecule has 0 radical (unpaired) electrons. The minimum Gasteiger partial charge on any atom is -0.468 e. The maximum atomic E-state index is 5.58. The maximum Gasteiger partial charge on any atom is 0.122 e. The van der Waals surface area contributed by atoms with Crippen molar-refractivity contribution in [3.63, 3.8) is 0 Å². The third-order valence-electron chi connectivity index (χ3n) is 3.00. The summed E-state index contributed by atoms with van der Waals surface area (Å²) in [6.45, 7) is 6.94. The van der Waals surface area contributed by atoms with Crippen molar-refractivity contribution in [3.8, 4) is 0 Å². The van der Waals surface area contributed by atoms with Crippen LogP contribution in [0, 0.1) is 0 Å². The number of nitrogens with zero attached hydrogens (tertiary/aromatic N) is 1. The van der Waals surface area contributed by atoms with Crippen molar-refractivity contribution in [2.75, 3.05) is 7.05 Å². The molecular weight excluding hydrogens is 336 g/mol. The Hall–Kier alpha value is -0.620. The number of nitrogens with one attached hydrogen (secondary N) is 1. The third-order valence-corrected chi connectivity index (χ3v) is 4.68. The van der Waals surface area contributed by atoms with Crippen LogP contribution in [0.25, 0.3) is 0 Å². The summed E-state index contributed by atoms with van der Waals surface area (Å²) in [5.41, 5.74) is 1.26. The van der Waals surface area contributed by atoms with Crippen LogP contribution in [-0.2, 0) is 19.6 Å². The van der Waals surface area contributed by atoms with Gasteiger partial charge in [-0.2, -0.15) is 0 Å². The fraction of sp³-hybridized carbons (Fsp3) is 0.467. The molecule has 5 heteroatoms. The molecule has 0 saturated heterocycles. The molecule has 0 aliphatic carbocycles. The van der Waals surface area contributed by atoms with Crippen molar-refractivity contribution in [2.45, 2.75) is 39.5 Å². The summed E-state index contributed by atoms with van der Waals surface area (Å²) in [7, 11) is 2.14. The molecule has 0 aromatic carbocycles. The molecule has 3 nitrogen and oxygen atoms in total. The minimum atomic E-state index is 0.467. The molecule has 0 atom stereocenters. The van der Waals surface area contributed by atoms with E-state index in [1.54, 1.807) is 17.6 Å². The summed E-state index contributed by atoms with van der Waals surface area (Å²) in [6.07, 6.45) is 1.78. The summed E-state index contributed by atoms with van der Waals surface area (Å²) >= 11 is 5.28. The van der Waals surface area contributed by atoms with Crippen molar-refractivity contribution in [1.29, 1.82) is 0 Å². The van der Waals surface area contributed by atoms with Gasteiger partial charge in [0.25, 0.3) is 0 Å². The highest BCUT2D eigenvalue weighted by atomic mass is 79.9. The summed E-state index contributed by atoms with van der Waals surface area (Å²) in [6, 6.07) is 4.71. The second-order valence-electron chi connectivity index (χ2n) is 5.31. The minimum absolute atomic E-state index is 0.467. The summed E-state index contributed by atoms with van der Waals surface area (Å²) in [5, 5.41) is 5.52. The lowest BCUT2D eigenvalue weighted by Crippen LogP contribution is -2.23. The first-order chi connectivity index (χ1) is 9.54. The Morgan fingerprint density at radius 3 is 2.85 bits per heavy atom. The van der Waals surface area contributed by atoms with Gasteiger partial charge in [-0.3, -0.25) is 4.90 Å². The SMILES string of the molecule is CC(C)NCc1occc1CN(C)Cc1cc(Br)cs1. The van der Waals surface area contributed by atoms with Gasteiger partial charge < -0.3 is 9.73 Å². The van der Waals surface area contributed by atoms with E-state index >= 15 is 0 Å². The zero-order valence-electron chi connectivity index (χ0n) is 12.1. The fourth-order valence-electron chi connectivity index (χ4n) is 2.01. The second-order valence-corrected chi connectivity index (χ2v) is 7.22. The summed E-state index contributed by atoms with van der Waals surface area (Å²) < 4.78 is 6.74.